The molecule has 0 atom stereocenters. The molecular formula is C14H14ClN3O2. The Morgan fingerprint density at radius 2 is 2.10 bits per heavy atom. The van der Waals surface area contributed by atoms with Gasteiger partial charge in [0.25, 0.3) is 0 Å². The molecule has 3 N–H and O–H groups in total. The van der Waals surface area contributed by atoms with Gasteiger partial charge in [-0.2, -0.15) is 0 Å². The third kappa shape index (κ3) is 3.69. The van der Waals surface area contributed by atoms with E-state index in [0.29, 0.717) is 23.9 Å². The van der Waals surface area contributed by atoms with Gasteiger partial charge in [0, 0.05) is 11.2 Å². The van der Waals surface area contributed by atoms with Crippen LogP contribution < -0.4 is 5.73 Å². The van der Waals surface area contributed by atoms with Gasteiger partial charge >= 0.3 is 0 Å². The molecule has 0 bridgehead atoms. The molecule has 6 heteroatoms. The van der Waals surface area contributed by atoms with Crippen molar-refractivity contribution in [1.29, 1.82) is 0 Å². The highest BCUT2D eigenvalue weighted by atomic mass is 35.5. The summed E-state index contributed by atoms with van der Waals surface area (Å²) in [5, 5.41) is 12.2. The van der Waals surface area contributed by atoms with Crippen molar-refractivity contribution in [1.82, 2.24) is 4.98 Å². The van der Waals surface area contributed by atoms with E-state index in [9.17, 15) is 0 Å². The first-order chi connectivity index (χ1) is 9.70. The number of amidine groups is 1. The van der Waals surface area contributed by atoms with Crippen LogP contribution in [0, 0.1) is 0 Å². The first kappa shape index (κ1) is 14.3. The van der Waals surface area contributed by atoms with E-state index in [1.807, 2.05) is 24.3 Å². The van der Waals surface area contributed by atoms with Crippen molar-refractivity contribution in [3.8, 4) is 0 Å². The molecular weight excluding hydrogens is 278 g/mol. The fourth-order valence-electron chi connectivity index (χ4n) is 1.65. The van der Waals surface area contributed by atoms with Crippen molar-refractivity contribution in [2.45, 2.75) is 13.2 Å². The van der Waals surface area contributed by atoms with Gasteiger partial charge in [0.15, 0.2) is 5.84 Å². The van der Waals surface area contributed by atoms with Crippen molar-refractivity contribution in [2.24, 2.45) is 10.9 Å². The zero-order valence-electron chi connectivity index (χ0n) is 10.7. The van der Waals surface area contributed by atoms with Crippen LogP contribution in [-0.4, -0.2) is 16.0 Å². The minimum atomic E-state index is -0.0297. The van der Waals surface area contributed by atoms with E-state index in [0.717, 1.165) is 11.1 Å². The van der Waals surface area contributed by atoms with Gasteiger partial charge < -0.3 is 15.7 Å². The lowest BCUT2D eigenvalue weighted by molar-refractivity contribution is 0.107. The van der Waals surface area contributed by atoms with E-state index in [1.165, 1.54) is 0 Å². The first-order valence-corrected chi connectivity index (χ1v) is 6.32. The van der Waals surface area contributed by atoms with Crippen LogP contribution >= 0.6 is 11.6 Å². The Kier molecular flexibility index (Phi) is 4.92. The molecule has 0 saturated heterocycles. The molecule has 0 amide bonds. The van der Waals surface area contributed by atoms with Crippen LogP contribution in [0.25, 0.3) is 0 Å². The number of nitrogens with two attached hydrogens (primary N) is 1. The lowest BCUT2D eigenvalue weighted by Gasteiger charge is -2.07. The summed E-state index contributed by atoms with van der Waals surface area (Å²) in [5.41, 5.74) is 7.70. The van der Waals surface area contributed by atoms with Crippen molar-refractivity contribution in [3.63, 3.8) is 0 Å². The van der Waals surface area contributed by atoms with Crippen molar-refractivity contribution in [3.05, 3.63) is 64.4 Å². The summed E-state index contributed by atoms with van der Waals surface area (Å²) in [6.45, 7) is 0.806. The molecule has 0 unspecified atom stereocenters. The number of rotatable bonds is 5. The van der Waals surface area contributed by atoms with Gasteiger partial charge in [0.2, 0.25) is 0 Å². The van der Waals surface area contributed by atoms with Gasteiger partial charge in [-0.1, -0.05) is 35.0 Å². The topological polar surface area (TPSA) is 80.7 Å². The normalized spacial score (nSPS) is 11.6. The Morgan fingerprint density at radius 3 is 2.85 bits per heavy atom. The molecule has 0 aliphatic heterocycles. The van der Waals surface area contributed by atoms with Crippen molar-refractivity contribution >= 4 is 17.4 Å². The third-order valence-electron chi connectivity index (χ3n) is 2.68. The van der Waals surface area contributed by atoms with Gasteiger partial charge in [0.1, 0.15) is 5.69 Å². The molecule has 2 rings (SSSR count). The number of nitrogens with zero attached hydrogens (tertiary/aromatic N) is 2. The maximum atomic E-state index is 8.61. The molecule has 0 fully saturated rings. The van der Waals surface area contributed by atoms with Gasteiger partial charge in [0.05, 0.1) is 13.2 Å². The molecule has 0 saturated carbocycles. The number of hydrogen-bond donors (Lipinski definition) is 2. The average Bonchev–Trinajstić information content (AvgIpc) is 2.49. The minimum Gasteiger partial charge on any atom is -0.409 e. The van der Waals surface area contributed by atoms with Gasteiger partial charge in [-0.05, 0) is 29.3 Å². The molecule has 0 aliphatic carbocycles. The van der Waals surface area contributed by atoms with Crippen LogP contribution in [0.5, 0.6) is 0 Å². The standard InChI is InChI=1S/C14H14ClN3O2/c15-12-4-2-1-3-11(12)9-20-8-10-5-6-17-13(7-10)14(16)18-19/h1-7,19H,8-9H2,(H2,16,18). The number of ether oxygens (including phenoxy) is 1. The minimum absolute atomic E-state index is 0.0297. The Labute approximate surface area is 121 Å². The fraction of sp³-hybridized carbons (Fsp3) is 0.143. The van der Waals surface area contributed by atoms with Crippen LogP contribution in [0.4, 0.5) is 0 Å². The number of aromatic nitrogens is 1. The Morgan fingerprint density at radius 1 is 1.30 bits per heavy atom. The highest BCUT2D eigenvalue weighted by molar-refractivity contribution is 6.31. The number of halogens is 1. The SMILES string of the molecule is NC(=NO)c1cc(COCc2ccccc2Cl)ccn1. The monoisotopic (exact) mass is 291 g/mol. The molecule has 0 radical (unpaired) electrons. The van der Waals surface area contributed by atoms with E-state index >= 15 is 0 Å². The molecule has 5 nitrogen and oxygen atoms in total. The van der Waals surface area contributed by atoms with E-state index in [1.54, 1.807) is 18.3 Å². The zero-order chi connectivity index (χ0) is 14.4. The largest absolute Gasteiger partial charge is 0.409 e. The molecule has 2 aromatic rings. The number of hydrogen-bond acceptors (Lipinski definition) is 4. The van der Waals surface area contributed by atoms with Crippen LogP contribution in [0.3, 0.4) is 0 Å². The molecule has 1 heterocycles. The maximum absolute atomic E-state index is 8.61. The second kappa shape index (κ2) is 6.88. The lowest BCUT2D eigenvalue weighted by Crippen LogP contribution is -2.15. The fourth-order valence-corrected chi connectivity index (χ4v) is 1.84. The van der Waals surface area contributed by atoms with Gasteiger partial charge in [-0.15, -0.1) is 0 Å². The van der Waals surface area contributed by atoms with Crippen LogP contribution in [-0.2, 0) is 18.0 Å². The summed E-state index contributed by atoms with van der Waals surface area (Å²) < 4.78 is 5.60. The first-order valence-electron chi connectivity index (χ1n) is 5.94. The number of oxime groups is 1. The van der Waals surface area contributed by atoms with Crippen LogP contribution in [0.15, 0.2) is 47.8 Å². The maximum Gasteiger partial charge on any atom is 0.188 e. The Hall–Kier alpha value is -2.11. The van der Waals surface area contributed by atoms with E-state index in [2.05, 4.69) is 10.1 Å². The zero-order valence-corrected chi connectivity index (χ0v) is 11.4. The second-order valence-corrected chi connectivity index (χ2v) is 4.53. The second-order valence-electron chi connectivity index (χ2n) is 4.12. The van der Waals surface area contributed by atoms with Crippen LogP contribution in [0.1, 0.15) is 16.8 Å². The summed E-state index contributed by atoms with van der Waals surface area (Å²) in [6, 6.07) is 11.0. The van der Waals surface area contributed by atoms with Crippen molar-refractivity contribution < 1.29 is 9.94 Å². The quantitative estimate of drug-likeness (QED) is 0.384. The molecule has 1 aromatic heterocycles. The summed E-state index contributed by atoms with van der Waals surface area (Å²) in [5.74, 6) is -0.0297. The molecule has 1 aromatic carbocycles. The van der Waals surface area contributed by atoms with Gasteiger partial charge in [-0.3, -0.25) is 4.98 Å². The number of pyridine rings is 1. The number of benzene rings is 1. The van der Waals surface area contributed by atoms with E-state index in [4.69, 9.17) is 27.3 Å². The molecule has 20 heavy (non-hydrogen) atoms. The van der Waals surface area contributed by atoms with Gasteiger partial charge in [-0.25, -0.2) is 0 Å². The average molecular weight is 292 g/mol. The molecule has 0 aliphatic rings. The Bertz CT molecular complexity index is 617. The summed E-state index contributed by atoms with van der Waals surface area (Å²) in [6.07, 6.45) is 1.58. The third-order valence-corrected chi connectivity index (χ3v) is 3.05. The predicted molar refractivity (Wildman–Crippen MR) is 76.7 cm³/mol. The summed E-state index contributed by atoms with van der Waals surface area (Å²) in [4.78, 5) is 4.00. The smallest absolute Gasteiger partial charge is 0.188 e. The highest BCUT2D eigenvalue weighted by Crippen LogP contribution is 2.16. The summed E-state index contributed by atoms with van der Waals surface area (Å²) >= 11 is 6.04. The predicted octanol–water partition coefficient (Wildman–Crippen LogP) is 2.55. The Balaban J connectivity index is 1.96. The molecule has 0 spiro atoms. The van der Waals surface area contributed by atoms with E-state index < -0.39 is 0 Å². The van der Waals surface area contributed by atoms with Crippen LogP contribution in [0.2, 0.25) is 5.02 Å². The molecule has 104 valence electrons. The summed E-state index contributed by atoms with van der Waals surface area (Å²) in [7, 11) is 0. The van der Waals surface area contributed by atoms with Crippen molar-refractivity contribution in [2.75, 3.05) is 0 Å². The highest BCUT2D eigenvalue weighted by Gasteiger charge is 2.03. The van der Waals surface area contributed by atoms with E-state index in [-0.39, 0.29) is 5.84 Å². The lowest BCUT2D eigenvalue weighted by atomic mass is 10.2.